The number of benzene rings is 4. The van der Waals surface area contributed by atoms with E-state index in [2.05, 4.69) is 0 Å². The molecule has 0 heterocycles. The highest BCUT2D eigenvalue weighted by Gasteiger charge is 2.22. The zero-order chi connectivity index (χ0) is 28.2. The number of hydrogen-bond acceptors (Lipinski definition) is 4. The fraction of sp³-hybridized carbons (Fsp3) is 0.235. The maximum Gasteiger partial charge on any atom is 0.254 e. The number of rotatable bonds is 13. The van der Waals surface area contributed by atoms with Gasteiger partial charge < -0.3 is 19.3 Å². The first-order chi connectivity index (χ1) is 19.6. The first-order valence-electron chi connectivity index (χ1n) is 13.7. The Labute approximate surface area is 236 Å². The monoisotopic (exact) mass is 536 g/mol. The van der Waals surface area contributed by atoms with E-state index in [1.54, 1.807) is 34.1 Å². The van der Waals surface area contributed by atoms with Crippen molar-refractivity contribution in [3.05, 3.63) is 131 Å². The third-order valence-corrected chi connectivity index (χ3v) is 6.43. The van der Waals surface area contributed by atoms with Gasteiger partial charge in [-0.15, -0.1) is 0 Å². The highest BCUT2D eigenvalue weighted by molar-refractivity contribution is 5.95. The first-order valence-corrected chi connectivity index (χ1v) is 13.7. The van der Waals surface area contributed by atoms with Gasteiger partial charge in [0.2, 0.25) is 0 Å². The second kappa shape index (κ2) is 14.5. The van der Waals surface area contributed by atoms with Crippen molar-refractivity contribution in [1.82, 2.24) is 9.80 Å². The molecule has 0 fully saturated rings. The SMILES string of the molecule is CCOc1cccc(C(=O)N(CCN(Cc2ccccc2)C(=O)c2cccc(OCC)c2)Cc2ccccc2)c1. The predicted octanol–water partition coefficient (Wildman–Crippen LogP) is 6.47. The Morgan fingerprint density at radius 2 is 0.950 bits per heavy atom. The van der Waals surface area contributed by atoms with Crippen molar-refractivity contribution in [2.75, 3.05) is 26.3 Å². The van der Waals surface area contributed by atoms with Gasteiger partial charge in [0.25, 0.3) is 11.8 Å². The molecule has 0 aromatic heterocycles. The Kier molecular flexibility index (Phi) is 10.3. The summed E-state index contributed by atoms with van der Waals surface area (Å²) in [5.41, 5.74) is 3.13. The van der Waals surface area contributed by atoms with Crippen LogP contribution in [0.15, 0.2) is 109 Å². The minimum atomic E-state index is -0.115. The molecule has 0 aliphatic heterocycles. The summed E-state index contributed by atoms with van der Waals surface area (Å²) in [4.78, 5) is 31.2. The van der Waals surface area contributed by atoms with E-state index >= 15 is 0 Å². The normalized spacial score (nSPS) is 10.6. The summed E-state index contributed by atoms with van der Waals surface area (Å²) in [7, 11) is 0. The summed E-state index contributed by atoms with van der Waals surface area (Å²) in [5, 5.41) is 0. The van der Waals surface area contributed by atoms with Crippen molar-refractivity contribution in [2.24, 2.45) is 0 Å². The molecule has 40 heavy (non-hydrogen) atoms. The third kappa shape index (κ3) is 7.96. The Hall–Kier alpha value is -4.58. The van der Waals surface area contributed by atoms with Crippen LogP contribution in [0.2, 0.25) is 0 Å². The van der Waals surface area contributed by atoms with Crippen molar-refractivity contribution in [3.63, 3.8) is 0 Å². The Balaban J connectivity index is 1.60. The summed E-state index contributed by atoms with van der Waals surface area (Å²) in [6, 6.07) is 34.3. The van der Waals surface area contributed by atoms with E-state index in [9.17, 15) is 9.59 Å². The molecule has 4 aromatic rings. The second-order valence-corrected chi connectivity index (χ2v) is 9.35. The maximum atomic E-state index is 13.8. The zero-order valence-electron chi connectivity index (χ0n) is 23.2. The van der Waals surface area contributed by atoms with E-state index in [0.717, 1.165) is 11.1 Å². The topological polar surface area (TPSA) is 59.1 Å². The molecule has 0 atom stereocenters. The van der Waals surface area contributed by atoms with Crippen LogP contribution in [0.5, 0.6) is 11.5 Å². The lowest BCUT2D eigenvalue weighted by molar-refractivity contribution is 0.0644. The van der Waals surface area contributed by atoms with Gasteiger partial charge in [0, 0.05) is 37.3 Å². The van der Waals surface area contributed by atoms with Crippen LogP contribution in [0, 0.1) is 0 Å². The van der Waals surface area contributed by atoms with E-state index in [1.807, 2.05) is 98.8 Å². The molecule has 0 aliphatic carbocycles. The highest BCUT2D eigenvalue weighted by atomic mass is 16.5. The lowest BCUT2D eigenvalue weighted by atomic mass is 10.1. The van der Waals surface area contributed by atoms with Crippen molar-refractivity contribution >= 4 is 11.8 Å². The van der Waals surface area contributed by atoms with Gasteiger partial charge in [-0.1, -0.05) is 72.8 Å². The van der Waals surface area contributed by atoms with Crippen molar-refractivity contribution < 1.29 is 19.1 Å². The van der Waals surface area contributed by atoms with Crippen LogP contribution in [0.4, 0.5) is 0 Å². The van der Waals surface area contributed by atoms with E-state index in [-0.39, 0.29) is 11.8 Å². The van der Waals surface area contributed by atoms with Gasteiger partial charge in [-0.2, -0.15) is 0 Å². The summed E-state index contributed by atoms with van der Waals surface area (Å²) in [6.07, 6.45) is 0. The Morgan fingerprint density at radius 1 is 0.550 bits per heavy atom. The van der Waals surface area contributed by atoms with Gasteiger partial charge in [-0.3, -0.25) is 9.59 Å². The van der Waals surface area contributed by atoms with Crippen LogP contribution in [0.3, 0.4) is 0 Å². The summed E-state index contributed by atoms with van der Waals surface area (Å²) in [6.45, 7) is 6.43. The fourth-order valence-electron chi connectivity index (χ4n) is 4.49. The molecule has 0 bridgehead atoms. The molecule has 0 aliphatic rings. The van der Waals surface area contributed by atoms with Crippen molar-refractivity contribution in [2.45, 2.75) is 26.9 Å². The van der Waals surface area contributed by atoms with E-state index in [1.165, 1.54) is 0 Å². The standard InChI is InChI=1S/C34H36N2O4/c1-3-39-31-19-11-17-29(23-31)33(37)35(25-27-13-7-5-8-14-27)21-22-36(26-28-15-9-6-10-16-28)34(38)30-18-12-20-32(24-30)40-4-2/h5-20,23-24H,3-4,21-22,25-26H2,1-2H3. The summed E-state index contributed by atoms with van der Waals surface area (Å²) < 4.78 is 11.3. The molecule has 0 radical (unpaired) electrons. The Morgan fingerprint density at radius 3 is 1.32 bits per heavy atom. The lowest BCUT2D eigenvalue weighted by Gasteiger charge is -2.29. The van der Waals surface area contributed by atoms with Gasteiger partial charge in [0.05, 0.1) is 13.2 Å². The molecule has 0 saturated carbocycles. The Bertz CT molecular complexity index is 1270. The van der Waals surface area contributed by atoms with E-state index in [4.69, 9.17) is 9.47 Å². The molecular formula is C34H36N2O4. The smallest absolute Gasteiger partial charge is 0.254 e. The van der Waals surface area contributed by atoms with Gasteiger partial charge in [-0.05, 0) is 61.4 Å². The molecule has 2 amide bonds. The van der Waals surface area contributed by atoms with Crippen molar-refractivity contribution in [3.8, 4) is 11.5 Å². The maximum absolute atomic E-state index is 13.8. The van der Waals surface area contributed by atoms with E-state index < -0.39 is 0 Å². The minimum Gasteiger partial charge on any atom is -0.494 e. The molecular weight excluding hydrogens is 500 g/mol. The number of carbonyl (C=O) groups excluding carboxylic acids is 2. The van der Waals surface area contributed by atoms with Crippen LogP contribution >= 0.6 is 0 Å². The molecule has 206 valence electrons. The molecule has 6 nitrogen and oxygen atoms in total. The van der Waals surface area contributed by atoms with Crippen LogP contribution in [0.25, 0.3) is 0 Å². The second-order valence-electron chi connectivity index (χ2n) is 9.35. The fourth-order valence-corrected chi connectivity index (χ4v) is 4.49. The summed E-state index contributed by atoms with van der Waals surface area (Å²) >= 11 is 0. The first kappa shape index (κ1) is 28.4. The van der Waals surface area contributed by atoms with Crippen LogP contribution in [-0.4, -0.2) is 47.9 Å². The van der Waals surface area contributed by atoms with Gasteiger partial charge in [-0.25, -0.2) is 0 Å². The van der Waals surface area contributed by atoms with Crippen LogP contribution in [-0.2, 0) is 13.1 Å². The number of carbonyl (C=O) groups is 2. The van der Waals surface area contributed by atoms with Gasteiger partial charge in [0.1, 0.15) is 11.5 Å². The van der Waals surface area contributed by atoms with Crippen LogP contribution < -0.4 is 9.47 Å². The molecule has 4 aromatic carbocycles. The minimum absolute atomic E-state index is 0.115. The lowest BCUT2D eigenvalue weighted by Crippen LogP contribution is -2.40. The van der Waals surface area contributed by atoms with Crippen LogP contribution in [0.1, 0.15) is 45.7 Å². The molecule has 0 spiro atoms. The number of nitrogens with zero attached hydrogens (tertiary/aromatic N) is 2. The molecule has 0 saturated heterocycles. The average molecular weight is 537 g/mol. The molecule has 0 unspecified atom stereocenters. The highest BCUT2D eigenvalue weighted by Crippen LogP contribution is 2.19. The average Bonchev–Trinajstić information content (AvgIpc) is 2.99. The zero-order valence-corrected chi connectivity index (χ0v) is 23.2. The van der Waals surface area contributed by atoms with Crippen molar-refractivity contribution in [1.29, 1.82) is 0 Å². The third-order valence-electron chi connectivity index (χ3n) is 6.43. The van der Waals surface area contributed by atoms with Gasteiger partial charge in [0.15, 0.2) is 0 Å². The largest absolute Gasteiger partial charge is 0.494 e. The molecule has 6 heteroatoms. The number of hydrogen-bond donors (Lipinski definition) is 0. The number of amides is 2. The molecule has 0 N–H and O–H groups in total. The quantitative estimate of drug-likeness (QED) is 0.197. The predicted molar refractivity (Wildman–Crippen MR) is 158 cm³/mol. The summed E-state index contributed by atoms with van der Waals surface area (Å²) in [5.74, 6) is 1.08. The molecule has 4 rings (SSSR count). The number of ether oxygens (including phenoxy) is 2. The van der Waals surface area contributed by atoms with Gasteiger partial charge >= 0.3 is 0 Å². The van der Waals surface area contributed by atoms with E-state index in [0.29, 0.717) is 62.0 Å².